The normalized spacial score (nSPS) is 11.1. The van der Waals surface area contributed by atoms with Crippen LogP contribution in [0.25, 0.3) is 6.08 Å². The number of hydrogen-bond donors (Lipinski definition) is 1. The minimum absolute atomic E-state index is 0.0153. The van der Waals surface area contributed by atoms with E-state index in [-0.39, 0.29) is 5.57 Å². The van der Waals surface area contributed by atoms with Crippen molar-refractivity contribution in [2.45, 2.75) is 20.8 Å². The number of carbonyl (C=O) groups is 1. The molecule has 0 saturated carbocycles. The first-order valence-electron chi connectivity index (χ1n) is 8.25. The Balaban J connectivity index is 2.22. The number of hydrogen-bond acceptors (Lipinski definition) is 6. The molecule has 6 nitrogen and oxygen atoms in total. The number of nitrogens with one attached hydrogen (secondary N) is 1. The van der Waals surface area contributed by atoms with Gasteiger partial charge in [-0.3, -0.25) is 10.1 Å². The Morgan fingerprint density at radius 3 is 2.81 bits per heavy atom. The van der Waals surface area contributed by atoms with Crippen molar-refractivity contribution in [3.63, 3.8) is 0 Å². The van der Waals surface area contributed by atoms with E-state index in [9.17, 15) is 10.1 Å². The highest BCUT2D eigenvalue weighted by atomic mass is 32.1. The van der Waals surface area contributed by atoms with Crippen LogP contribution in [0.2, 0.25) is 0 Å². The molecule has 0 fully saturated rings. The summed E-state index contributed by atoms with van der Waals surface area (Å²) in [7, 11) is 0. The maximum absolute atomic E-state index is 12.2. The van der Waals surface area contributed by atoms with Gasteiger partial charge in [0.05, 0.1) is 13.2 Å². The number of aromatic nitrogens is 1. The highest BCUT2D eigenvalue weighted by molar-refractivity contribution is 7.13. The highest BCUT2D eigenvalue weighted by Gasteiger charge is 2.12. The number of nitrogens with zero attached hydrogens (tertiary/aromatic N) is 2. The molecule has 7 heteroatoms. The van der Waals surface area contributed by atoms with Gasteiger partial charge in [-0.2, -0.15) is 5.26 Å². The van der Waals surface area contributed by atoms with Crippen molar-refractivity contribution in [1.82, 2.24) is 4.98 Å². The molecule has 0 aliphatic carbocycles. The van der Waals surface area contributed by atoms with Gasteiger partial charge in [0.25, 0.3) is 5.91 Å². The predicted octanol–water partition coefficient (Wildman–Crippen LogP) is 4.12. The van der Waals surface area contributed by atoms with E-state index in [2.05, 4.69) is 24.1 Å². The standard InChI is InChI=1S/C19H21N3O3S/c1-4-24-17-10-14(5-6-16(17)25-12-13(2)3)9-15(11-20)18(23)22-19-21-7-8-26-19/h5-10,13H,4,12H2,1-3H3,(H,21,22,23)/b15-9+. The third-order valence-corrected chi connectivity index (χ3v) is 3.86. The summed E-state index contributed by atoms with van der Waals surface area (Å²) in [5.74, 6) is 1.12. The van der Waals surface area contributed by atoms with Crippen LogP contribution in [0.3, 0.4) is 0 Å². The van der Waals surface area contributed by atoms with Crippen molar-refractivity contribution < 1.29 is 14.3 Å². The molecule has 2 aromatic rings. The quantitative estimate of drug-likeness (QED) is 0.557. The average molecular weight is 371 g/mol. The molecule has 0 bridgehead atoms. The number of amides is 1. The predicted molar refractivity (Wildman–Crippen MR) is 102 cm³/mol. The second-order valence-electron chi connectivity index (χ2n) is 5.81. The molecule has 1 aromatic heterocycles. The Morgan fingerprint density at radius 2 is 2.19 bits per heavy atom. The summed E-state index contributed by atoms with van der Waals surface area (Å²) in [4.78, 5) is 16.2. The number of nitriles is 1. The number of rotatable bonds is 8. The molecule has 2 rings (SSSR count). The second kappa shape index (κ2) is 9.59. The molecule has 26 heavy (non-hydrogen) atoms. The molecule has 0 saturated heterocycles. The number of thiazole rings is 1. The van der Waals surface area contributed by atoms with Crippen LogP contribution < -0.4 is 14.8 Å². The lowest BCUT2D eigenvalue weighted by atomic mass is 10.1. The Labute approximate surface area is 157 Å². The monoisotopic (exact) mass is 371 g/mol. The first kappa shape index (κ1) is 19.5. The van der Waals surface area contributed by atoms with Crippen LogP contribution in [0.1, 0.15) is 26.3 Å². The van der Waals surface area contributed by atoms with Crippen molar-refractivity contribution in [3.8, 4) is 17.6 Å². The van der Waals surface area contributed by atoms with E-state index in [4.69, 9.17) is 9.47 Å². The maximum atomic E-state index is 12.2. The van der Waals surface area contributed by atoms with Gasteiger partial charge in [0.15, 0.2) is 16.6 Å². The third-order valence-electron chi connectivity index (χ3n) is 3.17. The van der Waals surface area contributed by atoms with Crippen LogP contribution in [-0.4, -0.2) is 24.1 Å². The number of benzene rings is 1. The van der Waals surface area contributed by atoms with Crippen LogP contribution in [0.5, 0.6) is 11.5 Å². The molecule has 1 amide bonds. The van der Waals surface area contributed by atoms with E-state index in [1.54, 1.807) is 29.8 Å². The summed E-state index contributed by atoms with van der Waals surface area (Å²) in [6.07, 6.45) is 3.10. The Bertz CT molecular complexity index is 808. The van der Waals surface area contributed by atoms with E-state index in [0.29, 0.717) is 41.3 Å². The summed E-state index contributed by atoms with van der Waals surface area (Å²) < 4.78 is 11.4. The summed E-state index contributed by atoms with van der Waals surface area (Å²) in [6, 6.07) is 7.25. The van der Waals surface area contributed by atoms with Crippen LogP contribution in [0, 0.1) is 17.2 Å². The minimum Gasteiger partial charge on any atom is -0.490 e. The van der Waals surface area contributed by atoms with E-state index in [0.717, 1.165) is 0 Å². The Morgan fingerprint density at radius 1 is 1.38 bits per heavy atom. The zero-order valence-corrected chi connectivity index (χ0v) is 15.8. The lowest BCUT2D eigenvalue weighted by Gasteiger charge is -2.14. The second-order valence-corrected chi connectivity index (χ2v) is 6.70. The van der Waals surface area contributed by atoms with Crippen molar-refractivity contribution in [2.24, 2.45) is 5.92 Å². The van der Waals surface area contributed by atoms with Crippen LogP contribution in [-0.2, 0) is 4.79 Å². The van der Waals surface area contributed by atoms with Crippen molar-refractivity contribution in [3.05, 3.63) is 40.9 Å². The first-order valence-corrected chi connectivity index (χ1v) is 9.13. The van der Waals surface area contributed by atoms with Gasteiger partial charge in [-0.05, 0) is 36.6 Å². The van der Waals surface area contributed by atoms with E-state index >= 15 is 0 Å². The van der Waals surface area contributed by atoms with E-state index in [1.807, 2.05) is 13.0 Å². The topological polar surface area (TPSA) is 84.2 Å². The Kier molecular flexibility index (Phi) is 7.18. The summed E-state index contributed by atoms with van der Waals surface area (Å²) in [6.45, 7) is 7.09. The molecular formula is C19H21N3O3S. The van der Waals surface area contributed by atoms with E-state index < -0.39 is 5.91 Å². The molecule has 0 spiro atoms. The molecule has 1 N–H and O–H groups in total. The van der Waals surface area contributed by atoms with Gasteiger partial charge in [0.1, 0.15) is 11.6 Å². The zero-order chi connectivity index (χ0) is 18.9. The van der Waals surface area contributed by atoms with Crippen molar-refractivity contribution in [1.29, 1.82) is 5.26 Å². The fourth-order valence-corrected chi connectivity index (χ4v) is 2.55. The minimum atomic E-state index is -0.499. The summed E-state index contributed by atoms with van der Waals surface area (Å²) >= 11 is 1.29. The number of carbonyl (C=O) groups excluding carboxylic acids is 1. The highest BCUT2D eigenvalue weighted by Crippen LogP contribution is 2.30. The Hall–Kier alpha value is -2.85. The van der Waals surface area contributed by atoms with E-state index in [1.165, 1.54) is 17.4 Å². The van der Waals surface area contributed by atoms with Gasteiger partial charge in [-0.25, -0.2) is 4.98 Å². The average Bonchev–Trinajstić information content (AvgIpc) is 3.12. The van der Waals surface area contributed by atoms with Gasteiger partial charge >= 0.3 is 0 Å². The fourth-order valence-electron chi connectivity index (χ4n) is 2.02. The maximum Gasteiger partial charge on any atom is 0.268 e. The largest absolute Gasteiger partial charge is 0.490 e. The van der Waals surface area contributed by atoms with Crippen molar-refractivity contribution in [2.75, 3.05) is 18.5 Å². The molecule has 0 radical (unpaired) electrons. The number of anilines is 1. The van der Waals surface area contributed by atoms with Crippen LogP contribution in [0.4, 0.5) is 5.13 Å². The fraction of sp³-hybridized carbons (Fsp3) is 0.316. The zero-order valence-electron chi connectivity index (χ0n) is 15.0. The van der Waals surface area contributed by atoms with Gasteiger partial charge in [0, 0.05) is 11.6 Å². The molecule has 136 valence electrons. The molecule has 1 aromatic carbocycles. The lowest BCUT2D eigenvalue weighted by molar-refractivity contribution is -0.112. The molecule has 0 unspecified atom stereocenters. The summed E-state index contributed by atoms with van der Waals surface area (Å²) in [5, 5.41) is 14.1. The first-order chi connectivity index (χ1) is 12.5. The van der Waals surface area contributed by atoms with Gasteiger partial charge < -0.3 is 9.47 Å². The van der Waals surface area contributed by atoms with Crippen LogP contribution >= 0.6 is 11.3 Å². The molecule has 1 heterocycles. The lowest BCUT2D eigenvalue weighted by Crippen LogP contribution is -2.13. The van der Waals surface area contributed by atoms with Crippen LogP contribution in [0.15, 0.2) is 35.3 Å². The third kappa shape index (κ3) is 5.60. The summed E-state index contributed by atoms with van der Waals surface area (Å²) in [5.41, 5.74) is 0.662. The smallest absolute Gasteiger partial charge is 0.268 e. The molecular weight excluding hydrogens is 350 g/mol. The van der Waals surface area contributed by atoms with Gasteiger partial charge in [0.2, 0.25) is 0 Å². The van der Waals surface area contributed by atoms with Gasteiger partial charge in [-0.1, -0.05) is 19.9 Å². The van der Waals surface area contributed by atoms with Gasteiger partial charge in [-0.15, -0.1) is 11.3 Å². The number of ether oxygens (including phenoxy) is 2. The SMILES string of the molecule is CCOc1cc(/C=C(\C#N)C(=O)Nc2nccs2)ccc1OCC(C)C. The molecule has 0 aliphatic rings. The van der Waals surface area contributed by atoms with Crippen molar-refractivity contribution >= 4 is 28.5 Å². The molecule has 0 aliphatic heterocycles. The molecule has 0 atom stereocenters.